The molecule has 1 saturated carbocycles. The molecule has 16 heavy (non-hydrogen) atoms. The van der Waals surface area contributed by atoms with Gasteiger partial charge in [-0.1, -0.05) is 0 Å². The number of benzene rings is 1. The van der Waals surface area contributed by atoms with E-state index in [9.17, 15) is 8.78 Å². The third-order valence-electron chi connectivity index (χ3n) is 3.24. The van der Waals surface area contributed by atoms with Crippen molar-refractivity contribution >= 4 is 0 Å². The molecule has 1 aliphatic carbocycles. The summed E-state index contributed by atoms with van der Waals surface area (Å²) in [7, 11) is 3.29. The lowest BCUT2D eigenvalue weighted by Crippen LogP contribution is -2.30. The van der Waals surface area contributed by atoms with Gasteiger partial charge in [0.25, 0.3) is 0 Å². The van der Waals surface area contributed by atoms with Gasteiger partial charge in [0, 0.05) is 23.2 Å². The quantitative estimate of drug-likeness (QED) is 0.852. The van der Waals surface area contributed by atoms with Gasteiger partial charge in [-0.2, -0.15) is 0 Å². The van der Waals surface area contributed by atoms with Crippen LogP contribution in [-0.2, 0) is 6.42 Å². The maximum Gasteiger partial charge on any atom is 0.133 e. The van der Waals surface area contributed by atoms with Crippen molar-refractivity contribution in [3.63, 3.8) is 0 Å². The normalized spacial score (nSPS) is 17.2. The van der Waals surface area contributed by atoms with E-state index in [0.717, 1.165) is 18.9 Å². The number of ether oxygens (including phenoxy) is 1. The lowest BCUT2D eigenvalue weighted by molar-refractivity contribution is 0.393. The molecule has 0 heterocycles. The van der Waals surface area contributed by atoms with Crippen LogP contribution in [0, 0.1) is 11.6 Å². The predicted molar refractivity (Wildman–Crippen MR) is 57.6 cm³/mol. The van der Waals surface area contributed by atoms with Crippen LogP contribution in [0.25, 0.3) is 0 Å². The molecule has 0 aromatic heterocycles. The summed E-state index contributed by atoms with van der Waals surface area (Å²) in [6.07, 6.45) is 2.58. The molecule has 1 aliphatic rings. The molecular formula is C12H15F2NO. The molecule has 0 aliphatic heterocycles. The van der Waals surface area contributed by atoms with E-state index in [2.05, 4.69) is 5.32 Å². The highest BCUT2D eigenvalue weighted by Crippen LogP contribution is 2.40. The first kappa shape index (κ1) is 11.3. The van der Waals surface area contributed by atoms with E-state index in [1.165, 1.54) is 13.2 Å². The largest absolute Gasteiger partial charge is 0.496 e. The fourth-order valence-corrected chi connectivity index (χ4v) is 1.94. The minimum Gasteiger partial charge on any atom is -0.496 e. The van der Waals surface area contributed by atoms with Crippen LogP contribution < -0.4 is 10.1 Å². The molecule has 0 radical (unpaired) electrons. The van der Waals surface area contributed by atoms with Gasteiger partial charge in [0.15, 0.2) is 0 Å². The van der Waals surface area contributed by atoms with Crippen molar-refractivity contribution in [2.24, 2.45) is 0 Å². The molecule has 1 fully saturated rings. The molecule has 0 amide bonds. The molecule has 1 aromatic rings. The lowest BCUT2D eigenvalue weighted by atomic mass is 10.0. The third-order valence-corrected chi connectivity index (χ3v) is 3.24. The molecule has 88 valence electrons. The Bertz CT molecular complexity index is 402. The highest BCUT2D eigenvalue weighted by Gasteiger charge is 2.42. The number of hydrogen-bond acceptors (Lipinski definition) is 2. The Kier molecular flexibility index (Phi) is 2.84. The van der Waals surface area contributed by atoms with Crippen LogP contribution in [-0.4, -0.2) is 19.7 Å². The van der Waals surface area contributed by atoms with Crippen molar-refractivity contribution in [2.45, 2.75) is 24.8 Å². The Morgan fingerprint density at radius 1 is 1.38 bits per heavy atom. The molecule has 0 saturated heterocycles. The first-order valence-electron chi connectivity index (χ1n) is 5.31. The van der Waals surface area contributed by atoms with E-state index >= 15 is 0 Å². The zero-order valence-electron chi connectivity index (χ0n) is 9.44. The fourth-order valence-electron chi connectivity index (χ4n) is 1.94. The highest BCUT2D eigenvalue weighted by molar-refractivity contribution is 5.37. The Hall–Kier alpha value is -1.16. The zero-order chi connectivity index (χ0) is 11.8. The van der Waals surface area contributed by atoms with Gasteiger partial charge < -0.3 is 10.1 Å². The van der Waals surface area contributed by atoms with E-state index in [1.54, 1.807) is 0 Å². The number of nitrogens with one attached hydrogen (secondary N) is 1. The summed E-state index contributed by atoms with van der Waals surface area (Å²) in [5.74, 6) is -0.843. The highest BCUT2D eigenvalue weighted by atomic mass is 19.1. The van der Waals surface area contributed by atoms with Crippen LogP contribution in [0.3, 0.4) is 0 Å². The van der Waals surface area contributed by atoms with Crippen molar-refractivity contribution in [3.05, 3.63) is 29.3 Å². The van der Waals surface area contributed by atoms with Crippen LogP contribution in [0.1, 0.15) is 18.4 Å². The molecule has 0 unspecified atom stereocenters. The maximum atomic E-state index is 13.6. The molecule has 0 bridgehead atoms. The molecule has 1 N–H and O–H groups in total. The smallest absolute Gasteiger partial charge is 0.133 e. The summed E-state index contributed by atoms with van der Waals surface area (Å²) in [6.45, 7) is 0. The Balaban J connectivity index is 2.32. The SMILES string of the molecule is CNC1(Cc2c(F)cc(F)cc2OC)CC1. The molecule has 1 aromatic carbocycles. The van der Waals surface area contributed by atoms with Crippen LogP contribution in [0.2, 0.25) is 0 Å². The van der Waals surface area contributed by atoms with Crippen LogP contribution in [0.4, 0.5) is 8.78 Å². The zero-order valence-corrected chi connectivity index (χ0v) is 9.44. The van der Waals surface area contributed by atoms with Gasteiger partial charge in [0.2, 0.25) is 0 Å². The number of halogens is 2. The second-order valence-corrected chi connectivity index (χ2v) is 4.28. The Labute approximate surface area is 93.6 Å². The average molecular weight is 227 g/mol. The second-order valence-electron chi connectivity index (χ2n) is 4.28. The first-order valence-corrected chi connectivity index (χ1v) is 5.31. The van der Waals surface area contributed by atoms with Crippen molar-refractivity contribution in [2.75, 3.05) is 14.2 Å². The number of hydrogen-bond donors (Lipinski definition) is 1. The standard InChI is InChI=1S/C12H15F2NO/c1-15-12(3-4-12)7-9-10(14)5-8(13)6-11(9)16-2/h5-6,15H,3-4,7H2,1-2H3. The monoisotopic (exact) mass is 227 g/mol. The van der Waals surface area contributed by atoms with Crippen molar-refractivity contribution in [1.29, 1.82) is 0 Å². The van der Waals surface area contributed by atoms with E-state index in [0.29, 0.717) is 17.7 Å². The van der Waals surface area contributed by atoms with Gasteiger partial charge >= 0.3 is 0 Å². The Morgan fingerprint density at radius 3 is 2.56 bits per heavy atom. The Morgan fingerprint density at radius 2 is 2.06 bits per heavy atom. The number of likely N-dealkylation sites (N-methyl/N-ethyl adjacent to an activating group) is 1. The fraction of sp³-hybridized carbons (Fsp3) is 0.500. The molecule has 2 rings (SSSR count). The summed E-state index contributed by atoms with van der Waals surface area (Å²) in [5, 5.41) is 3.18. The van der Waals surface area contributed by atoms with Crippen LogP contribution in [0.15, 0.2) is 12.1 Å². The van der Waals surface area contributed by atoms with E-state index in [1.807, 2.05) is 7.05 Å². The summed E-state index contributed by atoms with van der Waals surface area (Å²) in [6, 6.07) is 2.13. The van der Waals surface area contributed by atoms with Crippen LogP contribution >= 0.6 is 0 Å². The topological polar surface area (TPSA) is 21.3 Å². The van der Waals surface area contributed by atoms with Gasteiger partial charge in [-0.3, -0.25) is 0 Å². The summed E-state index contributed by atoms with van der Waals surface area (Å²) in [4.78, 5) is 0. The van der Waals surface area contributed by atoms with Crippen molar-refractivity contribution in [1.82, 2.24) is 5.32 Å². The summed E-state index contributed by atoms with van der Waals surface area (Å²) < 4.78 is 31.7. The molecule has 2 nitrogen and oxygen atoms in total. The van der Waals surface area contributed by atoms with Gasteiger partial charge in [-0.15, -0.1) is 0 Å². The third kappa shape index (κ3) is 2.02. The van der Waals surface area contributed by atoms with E-state index in [4.69, 9.17) is 4.74 Å². The summed E-state index contributed by atoms with van der Waals surface area (Å²) in [5.41, 5.74) is 0.433. The molecule has 0 spiro atoms. The minimum atomic E-state index is -0.604. The second kappa shape index (κ2) is 4.01. The van der Waals surface area contributed by atoms with Gasteiger partial charge in [-0.05, 0) is 26.3 Å². The van der Waals surface area contributed by atoms with E-state index in [-0.39, 0.29) is 5.54 Å². The van der Waals surface area contributed by atoms with Gasteiger partial charge in [-0.25, -0.2) is 8.78 Å². The predicted octanol–water partition coefficient (Wildman–Crippen LogP) is 2.27. The maximum absolute atomic E-state index is 13.6. The number of rotatable bonds is 4. The molecular weight excluding hydrogens is 212 g/mol. The van der Waals surface area contributed by atoms with Gasteiger partial charge in [0.1, 0.15) is 17.4 Å². The van der Waals surface area contributed by atoms with Gasteiger partial charge in [0.05, 0.1) is 7.11 Å². The van der Waals surface area contributed by atoms with Crippen molar-refractivity contribution in [3.8, 4) is 5.75 Å². The number of methoxy groups -OCH3 is 1. The average Bonchev–Trinajstić information content (AvgIpc) is 3.02. The lowest BCUT2D eigenvalue weighted by Gasteiger charge is -2.17. The minimum absolute atomic E-state index is 0.0219. The van der Waals surface area contributed by atoms with E-state index < -0.39 is 11.6 Å². The van der Waals surface area contributed by atoms with Crippen LogP contribution in [0.5, 0.6) is 5.75 Å². The summed E-state index contributed by atoms with van der Waals surface area (Å²) >= 11 is 0. The van der Waals surface area contributed by atoms with Crippen molar-refractivity contribution < 1.29 is 13.5 Å². The molecule has 4 heteroatoms. The first-order chi connectivity index (χ1) is 7.60. The molecule has 0 atom stereocenters.